The topological polar surface area (TPSA) is 77.8 Å². The fraction of sp³-hybridized carbons (Fsp3) is 0.714. The van der Waals surface area contributed by atoms with Crippen LogP contribution in [0.4, 0.5) is 11.6 Å². The lowest BCUT2D eigenvalue weighted by Gasteiger charge is -2.03. The van der Waals surface area contributed by atoms with Gasteiger partial charge in [-0.1, -0.05) is 63.6 Å². The molecule has 0 radical (unpaired) electrons. The van der Waals surface area contributed by atoms with Crippen molar-refractivity contribution >= 4 is 23.4 Å². The van der Waals surface area contributed by atoms with Gasteiger partial charge in [0.05, 0.1) is 0 Å². The maximum absolute atomic E-state index is 5.62. The number of nitrogens with zero attached hydrogens (tertiary/aromatic N) is 2. The number of rotatable bonds is 10. The molecule has 0 aromatic carbocycles. The first-order valence-electron chi connectivity index (χ1n) is 7.25. The van der Waals surface area contributed by atoms with Gasteiger partial charge in [-0.05, 0) is 6.42 Å². The highest BCUT2D eigenvalue weighted by molar-refractivity contribution is 7.99. The summed E-state index contributed by atoms with van der Waals surface area (Å²) >= 11 is 1.64. The lowest BCUT2D eigenvalue weighted by Crippen LogP contribution is -1.99. The molecule has 0 atom stereocenters. The zero-order chi connectivity index (χ0) is 13.9. The fourth-order valence-corrected chi connectivity index (χ4v) is 2.80. The smallest absolute Gasteiger partial charge is 0.191 e. The van der Waals surface area contributed by atoms with Gasteiger partial charge in [-0.15, -0.1) is 0 Å². The highest BCUT2D eigenvalue weighted by Crippen LogP contribution is 2.18. The van der Waals surface area contributed by atoms with E-state index >= 15 is 0 Å². The first-order chi connectivity index (χ1) is 9.22. The van der Waals surface area contributed by atoms with E-state index < -0.39 is 0 Å². The molecule has 5 heteroatoms. The molecule has 0 aliphatic heterocycles. The van der Waals surface area contributed by atoms with Crippen LogP contribution in [0.1, 0.15) is 58.3 Å². The third-order valence-electron chi connectivity index (χ3n) is 2.97. The Balaban J connectivity index is 2.01. The average molecular weight is 282 g/mol. The van der Waals surface area contributed by atoms with Crippen molar-refractivity contribution in [3.63, 3.8) is 0 Å². The summed E-state index contributed by atoms with van der Waals surface area (Å²) in [6.07, 6.45) is 10.7. The molecule has 0 unspecified atom stereocenters. The minimum atomic E-state index is 0.450. The van der Waals surface area contributed by atoms with Gasteiger partial charge in [0.1, 0.15) is 11.6 Å². The summed E-state index contributed by atoms with van der Waals surface area (Å²) in [5.41, 5.74) is 11.2. The number of unbranched alkanes of at least 4 members (excludes halogenated alkanes) is 7. The van der Waals surface area contributed by atoms with Crippen LogP contribution in [0.5, 0.6) is 0 Å². The fourth-order valence-electron chi connectivity index (χ4n) is 1.93. The minimum Gasteiger partial charge on any atom is -0.383 e. The molecular formula is C14H26N4S. The van der Waals surface area contributed by atoms with Crippen molar-refractivity contribution in [1.29, 1.82) is 0 Å². The Hall–Kier alpha value is -0.970. The van der Waals surface area contributed by atoms with E-state index in [2.05, 4.69) is 16.9 Å². The van der Waals surface area contributed by atoms with Crippen molar-refractivity contribution in [3.8, 4) is 0 Å². The van der Waals surface area contributed by atoms with E-state index in [4.69, 9.17) is 11.5 Å². The second-order valence-electron chi connectivity index (χ2n) is 4.82. The van der Waals surface area contributed by atoms with Crippen LogP contribution in [0.2, 0.25) is 0 Å². The van der Waals surface area contributed by atoms with Gasteiger partial charge < -0.3 is 11.5 Å². The Morgan fingerprint density at radius 2 is 1.42 bits per heavy atom. The van der Waals surface area contributed by atoms with Gasteiger partial charge in [0.25, 0.3) is 0 Å². The van der Waals surface area contributed by atoms with Crippen molar-refractivity contribution in [2.45, 2.75) is 63.4 Å². The van der Waals surface area contributed by atoms with Crippen molar-refractivity contribution in [1.82, 2.24) is 9.97 Å². The van der Waals surface area contributed by atoms with E-state index in [0.717, 1.165) is 5.75 Å². The van der Waals surface area contributed by atoms with Gasteiger partial charge in [-0.3, -0.25) is 0 Å². The van der Waals surface area contributed by atoms with Crippen LogP contribution >= 0.6 is 11.8 Å². The molecule has 1 rings (SSSR count). The summed E-state index contributed by atoms with van der Waals surface area (Å²) in [6.45, 7) is 2.25. The van der Waals surface area contributed by atoms with Gasteiger partial charge in [-0.2, -0.15) is 0 Å². The quantitative estimate of drug-likeness (QED) is 0.387. The number of aromatic nitrogens is 2. The largest absolute Gasteiger partial charge is 0.383 e. The number of nitrogens with two attached hydrogens (primary N) is 2. The average Bonchev–Trinajstić information content (AvgIpc) is 2.36. The second-order valence-corrected chi connectivity index (χ2v) is 5.89. The molecule has 0 fully saturated rings. The molecule has 1 aromatic heterocycles. The number of anilines is 2. The normalized spacial score (nSPS) is 10.8. The Kier molecular flexibility index (Phi) is 8.38. The molecule has 108 valence electrons. The van der Waals surface area contributed by atoms with Crippen LogP contribution in [-0.4, -0.2) is 15.7 Å². The lowest BCUT2D eigenvalue weighted by atomic mass is 10.1. The molecule has 4 nitrogen and oxygen atoms in total. The lowest BCUT2D eigenvalue weighted by molar-refractivity contribution is 0.586. The Bertz CT molecular complexity index is 337. The van der Waals surface area contributed by atoms with E-state index in [1.165, 1.54) is 51.4 Å². The highest BCUT2D eigenvalue weighted by atomic mass is 32.2. The third kappa shape index (κ3) is 7.93. The van der Waals surface area contributed by atoms with Crippen LogP contribution in [0, 0.1) is 0 Å². The van der Waals surface area contributed by atoms with Gasteiger partial charge >= 0.3 is 0 Å². The van der Waals surface area contributed by atoms with E-state index in [0.29, 0.717) is 16.8 Å². The zero-order valence-electron chi connectivity index (χ0n) is 11.9. The molecule has 0 aliphatic rings. The molecule has 1 aromatic rings. The van der Waals surface area contributed by atoms with Crippen LogP contribution in [0.25, 0.3) is 0 Å². The Labute approximate surface area is 120 Å². The highest BCUT2D eigenvalue weighted by Gasteiger charge is 2.01. The molecule has 0 amide bonds. The van der Waals surface area contributed by atoms with Crippen LogP contribution in [0.15, 0.2) is 11.2 Å². The van der Waals surface area contributed by atoms with Gasteiger partial charge in [-0.25, -0.2) is 9.97 Å². The third-order valence-corrected chi connectivity index (χ3v) is 3.91. The zero-order valence-corrected chi connectivity index (χ0v) is 12.7. The monoisotopic (exact) mass is 282 g/mol. The second kappa shape index (κ2) is 9.89. The molecule has 4 N–H and O–H groups in total. The van der Waals surface area contributed by atoms with E-state index in [1.807, 2.05) is 0 Å². The number of hydrogen-bond donors (Lipinski definition) is 2. The maximum atomic E-state index is 5.62. The summed E-state index contributed by atoms with van der Waals surface area (Å²) in [6, 6.07) is 1.58. The maximum Gasteiger partial charge on any atom is 0.191 e. The predicted octanol–water partition coefficient (Wildman–Crippen LogP) is 3.87. The van der Waals surface area contributed by atoms with E-state index in [9.17, 15) is 0 Å². The summed E-state index contributed by atoms with van der Waals surface area (Å²) in [5, 5.41) is 0.695. The standard InChI is InChI=1S/C14H26N4S/c1-2-3-4-5-6-7-8-9-10-19-14-17-12(15)11-13(16)18-14/h11H,2-10H2,1H3,(H4,15,16,17,18). The number of thioether (sulfide) groups is 1. The first kappa shape index (κ1) is 16.1. The van der Waals surface area contributed by atoms with E-state index in [-0.39, 0.29) is 0 Å². The predicted molar refractivity (Wildman–Crippen MR) is 84.2 cm³/mol. The molecule has 19 heavy (non-hydrogen) atoms. The van der Waals surface area contributed by atoms with Gasteiger partial charge in [0.2, 0.25) is 0 Å². The van der Waals surface area contributed by atoms with Crippen molar-refractivity contribution in [2.75, 3.05) is 17.2 Å². The summed E-state index contributed by atoms with van der Waals surface area (Å²) in [4.78, 5) is 8.30. The molecule has 0 saturated heterocycles. The number of nitrogen functional groups attached to an aromatic ring is 2. The summed E-state index contributed by atoms with van der Waals surface area (Å²) in [5.74, 6) is 1.94. The van der Waals surface area contributed by atoms with Crippen LogP contribution < -0.4 is 11.5 Å². The SMILES string of the molecule is CCCCCCCCCCSc1nc(N)cc(N)n1. The molecule has 1 heterocycles. The van der Waals surface area contributed by atoms with Crippen molar-refractivity contribution in [3.05, 3.63) is 6.07 Å². The summed E-state index contributed by atoms with van der Waals surface area (Å²) < 4.78 is 0. The van der Waals surface area contributed by atoms with Gasteiger partial charge in [0.15, 0.2) is 5.16 Å². The van der Waals surface area contributed by atoms with Gasteiger partial charge in [0, 0.05) is 11.8 Å². The molecule has 0 bridgehead atoms. The molecule has 0 aliphatic carbocycles. The Morgan fingerprint density at radius 1 is 0.895 bits per heavy atom. The molecular weight excluding hydrogens is 256 g/mol. The number of hydrogen-bond acceptors (Lipinski definition) is 5. The molecule has 0 spiro atoms. The van der Waals surface area contributed by atoms with Crippen LogP contribution in [-0.2, 0) is 0 Å². The summed E-state index contributed by atoms with van der Waals surface area (Å²) in [7, 11) is 0. The first-order valence-corrected chi connectivity index (χ1v) is 8.23. The Morgan fingerprint density at radius 3 is 2.00 bits per heavy atom. The van der Waals surface area contributed by atoms with E-state index in [1.54, 1.807) is 17.8 Å². The minimum absolute atomic E-state index is 0.450. The van der Waals surface area contributed by atoms with Crippen molar-refractivity contribution in [2.24, 2.45) is 0 Å². The van der Waals surface area contributed by atoms with Crippen molar-refractivity contribution < 1.29 is 0 Å². The van der Waals surface area contributed by atoms with Crippen LogP contribution in [0.3, 0.4) is 0 Å². The molecule has 0 saturated carbocycles.